The third-order valence-corrected chi connectivity index (χ3v) is 4.57. The lowest BCUT2D eigenvalue weighted by Crippen LogP contribution is -2.32. The van der Waals surface area contributed by atoms with Crippen LogP contribution in [0.2, 0.25) is 0 Å². The molecule has 1 atom stereocenters. The molecule has 2 N–H and O–H groups in total. The molecule has 0 radical (unpaired) electrons. The van der Waals surface area contributed by atoms with Crippen molar-refractivity contribution in [1.82, 2.24) is 0 Å². The highest BCUT2D eigenvalue weighted by atomic mass is 32.3. The number of hydrogen-bond acceptors (Lipinski definition) is 4. The summed E-state index contributed by atoms with van der Waals surface area (Å²) >= 11 is 6.94. The Bertz CT molecular complexity index is 130. The van der Waals surface area contributed by atoms with Crippen LogP contribution < -0.4 is 5.73 Å². The van der Waals surface area contributed by atoms with Crippen molar-refractivity contribution in [2.45, 2.75) is 10.3 Å². The number of carbonyl (C=O) groups is 1. The molecule has 0 aromatic rings. The zero-order valence-corrected chi connectivity index (χ0v) is 8.48. The molecule has 0 aromatic heterocycles. The first-order valence-electron chi connectivity index (χ1n) is 2.78. The highest BCUT2D eigenvalue weighted by Crippen LogP contribution is 2.38. The number of amides is 1. The van der Waals surface area contributed by atoms with Gasteiger partial charge in [0.1, 0.15) is 0 Å². The maximum Gasteiger partial charge on any atom is 0.254 e. The third kappa shape index (κ3) is 2.64. The van der Waals surface area contributed by atoms with Crippen molar-refractivity contribution < 1.29 is 4.79 Å². The van der Waals surface area contributed by atoms with Gasteiger partial charge in [0.25, 0.3) is 5.91 Å². The summed E-state index contributed by atoms with van der Waals surface area (Å²) in [5.41, 5.74) is 5.11. The topological polar surface area (TPSA) is 43.1 Å². The van der Waals surface area contributed by atoms with Crippen molar-refractivity contribution in [2.75, 3.05) is 12.0 Å². The van der Waals surface area contributed by atoms with Crippen molar-refractivity contribution in [3.05, 3.63) is 0 Å². The maximum atomic E-state index is 10.7. The first kappa shape index (κ1) is 10.5. The van der Waals surface area contributed by atoms with E-state index in [1.54, 1.807) is 0 Å². The van der Waals surface area contributed by atoms with Crippen LogP contribution in [-0.4, -0.2) is 21.3 Å². The van der Waals surface area contributed by atoms with Gasteiger partial charge in [0.05, 0.1) is 0 Å². The van der Waals surface area contributed by atoms with Crippen LogP contribution in [-0.2, 0) is 4.79 Å². The predicted molar refractivity (Wildman–Crippen MR) is 52.6 cm³/mol. The Morgan fingerprint density at radius 3 is 2.40 bits per heavy atom. The summed E-state index contributed by atoms with van der Waals surface area (Å²) in [6.45, 7) is 1.97. The Kier molecular flexibility index (Phi) is 4.64. The number of primary amides is 1. The van der Waals surface area contributed by atoms with Gasteiger partial charge in [-0.3, -0.25) is 4.79 Å². The molecule has 10 heavy (non-hydrogen) atoms. The molecule has 0 rings (SSSR count). The lowest BCUT2D eigenvalue weighted by Gasteiger charge is -2.20. The van der Waals surface area contributed by atoms with Gasteiger partial charge in [0.2, 0.25) is 0 Å². The molecule has 2 nitrogen and oxygen atoms in total. The lowest BCUT2D eigenvalue weighted by molar-refractivity contribution is -0.116. The number of thiol groups is 1. The normalized spacial score (nSPS) is 16.3. The molecule has 60 valence electrons. The molecule has 0 saturated carbocycles. The van der Waals surface area contributed by atoms with Crippen molar-refractivity contribution >= 4 is 42.1 Å². The second kappa shape index (κ2) is 4.41. The van der Waals surface area contributed by atoms with E-state index in [2.05, 4.69) is 12.6 Å². The van der Waals surface area contributed by atoms with Gasteiger partial charge in [0, 0.05) is 0 Å². The molecule has 0 aliphatic heterocycles. The fourth-order valence-corrected chi connectivity index (χ4v) is 2.37. The summed E-state index contributed by atoms with van der Waals surface area (Å²) < 4.78 is -0.741. The molecule has 5 heteroatoms. The smallest absolute Gasteiger partial charge is 0.254 e. The average Bonchev–Trinajstić information content (AvgIpc) is 1.88. The van der Waals surface area contributed by atoms with Gasteiger partial charge in [-0.1, -0.05) is 6.92 Å². The molecule has 1 amide bonds. The summed E-state index contributed by atoms with van der Waals surface area (Å²) in [6.07, 6.45) is 1.82. The minimum absolute atomic E-state index is 0.379. The predicted octanol–water partition coefficient (Wildman–Crippen LogP) is 1.17. The largest absolute Gasteiger partial charge is 0.367 e. The molecule has 0 aromatic carbocycles. The summed E-state index contributed by atoms with van der Waals surface area (Å²) in [7, 11) is 0. The van der Waals surface area contributed by atoms with E-state index < -0.39 is 3.41 Å². The van der Waals surface area contributed by atoms with E-state index in [0.29, 0.717) is 0 Å². The number of carbonyl (C=O) groups excluding carboxylic acids is 1. The van der Waals surface area contributed by atoms with Crippen molar-refractivity contribution in [3.63, 3.8) is 0 Å². The van der Waals surface area contributed by atoms with Crippen molar-refractivity contribution in [2.24, 2.45) is 5.73 Å². The monoisotopic (exact) mass is 197 g/mol. The molecule has 0 aliphatic carbocycles. The van der Waals surface area contributed by atoms with E-state index in [4.69, 9.17) is 5.73 Å². The fraction of sp³-hybridized carbons (Fsp3) is 0.800. The maximum absolute atomic E-state index is 10.7. The van der Waals surface area contributed by atoms with Crippen LogP contribution in [0.4, 0.5) is 0 Å². The third-order valence-electron chi connectivity index (χ3n) is 0.928. The summed E-state index contributed by atoms with van der Waals surface area (Å²) in [6, 6.07) is 0. The van der Waals surface area contributed by atoms with Gasteiger partial charge in [0.15, 0.2) is 3.41 Å². The van der Waals surface area contributed by atoms with Crippen LogP contribution in [0.25, 0.3) is 0 Å². The first-order chi connectivity index (χ1) is 4.56. The highest BCUT2D eigenvalue weighted by molar-refractivity contribution is 8.30. The van der Waals surface area contributed by atoms with E-state index in [-0.39, 0.29) is 5.91 Å². The Morgan fingerprint density at radius 2 is 2.30 bits per heavy atom. The zero-order valence-electron chi connectivity index (χ0n) is 5.96. The van der Waals surface area contributed by atoms with Crippen LogP contribution in [0.15, 0.2) is 0 Å². The molecular weight excluding hydrogens is 186 g/mol. The molecule has 1 unspecified atom stereocenters. The number of nitrogens with two attached hydrogens (primary N) is 1. The van der Waals surface area contributed by atoms with Gasteiger partial charge in [-0.25, -0.2) is 0 Å². The van der Waals surface area contributed by atoms with Crippen molar-refractivity contribution in [1.29, 1.82) is 0 Å². The van der Waals surface area contributed by atoms with Gasteiger partial charge >= 0.3 is 0 Å². The van der Waals surface area contributed by atoms with Crippen LogP contribution in [0.5, 0.6) is 0 Å². The molecule has 0 bridgehead atoms. The standard InChI is InChI=1S/C5H11NOS3/c1-3-10-5(8,9-2)4(6)7/h8H,3H2,1-2H3,(H2,6,7). The second-order valence-corrected chi connectivity index (χ2v) is 5.62. The number of rotatable bonds is 4. The quantitative estimate of drug-likeness (QED) is 0.525. The fourth-order valence-electron chi connectivity index (χ4n) is 0.426. The number of thioether (sulfide) groups is 2. The molecule has 0 saturated heterocycles. The summed E-state index contributed by atoms with van der Waals surface area (Å²) in [5, 5.41) is 0. The Morgan fingerprint density at radius 1 is 1.80 bits per heavy atom. The van der Waals surface area contributed by atoms with Crippen LogP contribution in [0.3, 0.4) is 0 Å². The van der Waals surface area contributed by atoms with Crippen LogP contribution in [0, 0.1) is 0 Å². The first-order valence-corrected chi connectivity index (χ1v) is 5.44. The molecular formula is C5H11NOS3. The summed E-state index contributed by atoms with van der Waals surface area (Å²) in [5.74, 6) is 0.461. The minimum Gasteiger partial charge on any atom is -0.367 e. The number of hydrogen-bond donors (Lipinski definition) is 2. The van der Waals surface area contributed by atoms with Crippen LogP contribution >= 0.6 is 36.2 Å². The molecule has 0 heterocycles. The van der Waals surface area contributed by atoms with E-state index in [1.807, 2.05) is 13.2 Å². The second-order valence-electron chi connectivity index (χ2n) is 1.58. The molecule has 0 spiro atoms. The lowest BCUT2D eigenvalue weighted by atomic mass is 10.7. The van der Waals surface area contributed by atoms with Gasteiger partial charge in [-0.05, 0) is 12.0 Å². The van der Waals surface area contributed by atoms with E-state index >= 15 is 0 Å². The highest BCUT2D eigenvalue weighted by Gasteiger charge is 2.30. The van der Waals surface area contributed by atoms with Gasteiger partial charge in [-0.2, -0.15) is 0 Å². The zero-order chi connectivity index (χ0) is 8.20. The Balaban J connectivity index is 4.08. The van der Waals surface area contributed by atoms with Crippen LogP contribution in [0.1, 0.15) is 6.92 Å². The Hall–Kier alpha value is 0.520. The summed E-state index contributed by atoms with van der Waals surface area (Å²) in [4.78, 5) is 10.7. The van der Waals surface area contributed by atoms with E-state index in [1.165, 1.54) is 23.5 Å². The van der Waals surface area contributed by atoms with E-state index in [0.717, 1.165) is 5.75 Å². The Labute approximate surface area is 75.1 Å². The minimum atomic E-state index is -0.741. The average molecular weight is 197 g/mol. The van der Waals surface area contributed by atoms with Crippen molar-refractivity contribution in [3.8, 4) is 0 Å². The SMILES string of the molecule is CCSC(S)(SC)C(N)=O. The van der Waals surface area contributed by atoms with Gasteiger partial charge < -0.3 is 5.73 Å². The van der Waals surface area contributed by atoms with E-state index in [9.17, 15) is 4.79 Å². The molecule has 0 fully saturated rings. The molecule has 0 aliphatic rings. The van der Waals surface area contributed by atoms with Gasteiger partial charge in [-0.15, -0.1) is 36.2 Å².